The fraction of sp³-hybridized carbons (Fsp3) is 0.400. The van der Waals surface area contributed by atoms with Gasteiger partial charge in [0, 0.05) is 11.9 Å². The van der Waals surface area contributed by atoms with Crippen molar-refractivity contribution >= 4 is 13.8 Å². The van der Waals surface area contributed by atoms with Crippen molar-refractivity contribution in [1.82, 2.24) is 0 Å². The lowest BCUT2D eigenvalue weighted by molar-refractivity contribution is 0.151. The minimum atomic E-state index is 0.0916. The zero-order valence-electron chi connectivity index (χ0n) is 7.69. The zero-order chi connectivity index (χ0) is 9.52. The molecule has 0 bridgehead atoms. The van der Waals surface area contributed by atoms with Crippen LogP contribution in [0.3, 0.4) is 0 Å². The lowest BCUT2D eigenvalue weighted by atomic mass is 10.2. The van der Waals surface area contributed by atoms with Crippen LogP contribution in [-0.2, 0) is 15.7 Å². The Labute approximate surface area is 80.1 Å². The maximum absolute atomic E-state index is 10.7. The van der Waals surface area contributed by atoms with Crippen molar-refractivity contribution < 1.29 is 9.30 Å². The third kappa shape index (κ3) is 3.25. The molecule has 13 heavy (non-hydrogen) atoms. The van der Waals surface area contributed by atoms with Crippen molar-refractivity contribution in [3.05, 3.63) is 29.8 Å². The van der Waals surface area contributed by atoms with Crippen LogP contribution < -0.4 is 5.30 Å². The standard InChI is InChI=1S/C10H13O2P/c1-2-12-8-7-9-5-3-4-6-10(9)13-11/h3-6H,2,7-8H2,1H3. The van der Waals surface area contributed by atoms with Gasteiger partial charge in [0.2, 0.25) is 0 Å². The molecule has 1 aromatic carbocycles. The van der Waals surface area contributed by atoms with Crippen LogP contribution in [0, 0.1) is 0 Å². The summed E-state index contributed by atoms with van der Waals surface area (Å²) >= 11 is 0. The van der Waals surface area contributed by atoms with Gasteiger partial charge in [-0.25, -0.2) is 0 Å². The van der Waals surface area contributed by atoms with Gasteiger partial charge in [-0.3, -0.25) is 4.57 Å². The molecule has 0 amide bonds. The molecule has 0 saturated carbocycles. The molecule has 0 spiro atoms. The molecule has 0 radical (unpaired) electrons. The Kier molecular flexibility index (Phi) is 4.66. The highest BCUT2D eigenvalue weighted by Gasteiger charge is 2.00. The molecule has 0 atom stereocenters. The summed E-state index contributed by atoms with van der Waals surface area (Å²) in [7, 11) is 0.0916. The predicted octanol–water partition coefficient (Wildman–Crippen LogP) is 2.18. The molecule has 2 nitrogen and oxygen atoms in total. The lowest BCUT2D eigenvalue weighted by Crippen LogP contribution is -2.06. The molecule has 0 aliphatic carbocycles. The number of hydrogen-bond acceptors (Lipinski definition) is 2. The summed E-state index contributed by atoms with van der Waals surface area (Å²) in [5.74, 6) is 0. The fourth-order valence-corrected chi connectivity index (χ4v) is 1.59. The first-order valence-corrected chi connectivity index (χ1v) is 5.18. The van der Waals surface area contributed by atoms with Crippen molar-refractivity contribution in [2.45, 2.75) is 13.3 Å². The highest BCUT2D eigenvalue weighted by molar-refractivity contribution is 7.34. The van der Waals surface area contributed by atoms with Gasteiger partial charge >= 0.3 is 0 Å². The Morgan fingerprint density at radius 3 is 2.85 bits per heavy atom. The van der Waals surface area contributed by atoms with Crippen LogP contribution in [0.2, 0.25) is 0 Å². The SMILES string of the molecule is CCOCCc1ccccc1P=O. The minimum Gasteiger partial charge on any atom is -0.381 e. The second-order valence-corrected chi connectivity index (χ2v) is 3.33. The molecule has 70 valence electrons. The van der Waals surface area contributed by atoms with Gasteiger partial charge in [-0.05, 0) is 25.0 Å². The molecular formula is C10H13O2P. The third-order valence-electron chi connectivity index (χ3n) is 1.81. The molecular weight excluding hydrogens is 183 g/mol. The van der Waals surface area contributed by atoms with Crippen molar-refractivity contribution in [3.8, 4) is 0 Å². The van der Waals surface area contributed by atoms with Crippen LogP contribution in [0.1, 0.15) is 12.5 Å². The Morgan fingerprint density at radius 2 is 2.15 bits per heavy atom. The van der Waals surface area contributed by atoms with Gasteiger partial charge in [0.15, 0.2) is 8.46 Å². The lowest BCUT2D eigenvalue weighted by Gasteiger charge is -2.03. The van der Waals surface area contributed by atoms with E-state index < -0.39 is 0 Å². The van der Waals surface area contributed by atoms with Crippen LogP contribution in [0.4, 0.5) is 0 Å². The monoisotopic (exact) mass is 196 g/mol. The van der Waals surface area contributed by atoms with E-state index in [2.05, 4.69) is 0 Å². The van der Waals surface area contributed by atoms with Crippen LogP contribution >= 0.6 is 8.46 Å². The minimum absolute atomic E-state index is 0.0916. The molecule has 0 aromatic heterocycles. The summed E-state index contributed by atoms with van der Waals surface area (Å²) in [6, 6.07) is 7.70. The van der Waals surface area contributed by atoms with E-state index in [0.29, 0.717) is 6.61 Å². The molecule has 0 N–H and O–H groups in total. The second kappa shape index (κ2) is 5.85. The number of rotatable bonds is 5. The summed E-state index contributed by atoms with van der Waals surface area (Å²) in [6.07, 6.45) is 0.833. The van der Waals surface area contributed by atoms with E-state index in [1.807, 2.05) is 31.2 Å². The molecule has 0 heterocycles. The van der Waals surface area contributed by atoms with E-state index in [0.717, 1.165) is 23.9 Å². The quantitative estimate of drug-likeness (QED) is 0.533. The summed E-state index contributed by atoms with van der Waals surface area (Å²) in [5, 5.41) is 0.863. The Morgan fingerprint density at radius 1 is 1.38 bits per heavy atom. The molecule has 0 fully saturated rings. The normalized spacial score (nSPS) is 10.5. The molecule has 1 aromatic rings. The number of benzene rings is 1. The van der Waals surface area contributed by atoms with Crippen LogP contribution in [0.15, 0.2) is 24.3 Å². The number of hydrogen-bond donors (Lipinski definition) is 0. The first kappa shape index (κ1) is 10.4. The summed E-state index contributed by atoms with van der Waals surface area (Å²) in [4.78, 5) is 0. The summed E-state index contributed by atoms with van der Waals surface area (Å²) in [6.45, 7) is 3.40. The van der Waals surface area contributed by atoms with Crippen molar-refractivity contribution in [3.63, 3.8) is 0 Å². The summed E-state index contributed by atoms with van der Waals surface area (Å²) in [5.41, 5.74) is 1.10. The van der Waals surface area contributed by atoms with E-state index in [1.165, 1.54) is 0 Å². The zero-order valence-corrected chi connectivity index (χ0v) is 8.59. The molecule has 3 heteroatoms. The van der Waals surface area contributed by atoms with E-state index in [-0.39, 0.29) is 8.46 Å². The molecule has 0 saturated heterocycles. The van der Waals surface area contributed by atoms with Gasteiger partial charge in [0.05, 0.1) is 6.61 Å². The Bertz CT molecular complexity index is 273. The highest BCUT2D eigenvalue weighted by atomic mass is 31.1. The first-order valence-electron chi connectivity index (χ1n) is 4.37. The molecule has 1 rings (SSSR count). The van der Waals surface area contributed by atoms with Crippen molar-refractivity contribution in [2.75, 3.05) is 13.2 Å². The van der Waals surface area contributed by atoms with E-state index in [1.54, 1.807) is 0 Å². The van der Waals surface area contributed by atoms with Crippen LogP contribution in [0.5, 0.6) is 0 Å². The second-order valence-electron chi connectivity index (χ2n) is 2.67. The van der Waals surface area contributed by atoms with Crippen LogP contribution in [0.25, 0.3) is 0 Å². The average molecular weight is 196 g/mol. The largest absolute Gasteiger partial charge is 0.381 e. The Balaban J connectivity index is 2.59. The van der Waals surface area contributed by atoms with E-state index >= 15 is 0 Å². The van der Waals surface area contributed by atoms with Gasteiger partial charge < -0.3 is 4.74 Å². The predicted molar refractivity (Wildman–Crippen MR) is 53.9 cm³/mol. The Hall–Kier alpha value is -0.720. The van der Waals surface area contributed by atoms with Gasteiger partial charge in [-0.1, -0.05) is 18.2 Å². The smallest absolute Gasteiger partial charge is 0.192 e. The molecule has 0 aliphatic heterocycles. The maximum atomic E-state index is 10.7. The van der Waals surface area contributed by atoms with Gasteiger partial charge in [0.1, 0.15) is 0 Å². The number of ether oxygens (including phenoxy) is 1. The van der Waals surface area contributed by atoms with Crippen molar-refractivity contribution in [2.24, 2.45) is 0 Å². The molecule has 0 aliphatic rings. The van der Waals surface area contributed by atoms with Gasteiger partial charge in [0.25, 0.3) is 0 Å². The maximum Gasteiger partial charge on any atom is 0.192 e. The topological polar surface area (TPSA) is 26.3 Å². The first-order chi connectivity index (χ1) is 6.38. The highest BCUT2D eigenvalue weighted by Crippen LogP contribution is 2.04. The summed E-state index contributed by atoms with van der Waals surface area (Å²) < 4.78 is 15.9. The average Bonchev–Trinajstić information content (AvgIpc) is 2.19. The third-order valence-corrected chi connectivity index (χ3v) is 2.44. The van der Waals surface area contributed by atoms with Crippen molar-refractivity contribution in [1.29, 1.82) is 0 Å². The van der Waals surface area contributed by atoms with Gasteiger partial charge in [-0.15, -0.1) is 0 Å². The van der Waals surface area contributed by atoms with Crippen LogP contribution in [-0.4, -0.2) is 13.2 Å². The van der Waals surface area contributed by atoms with E-state index in [4.69, 9.17) is 4.74 Å². The molecule has 0 unspecified atom stereocenters. The van der Waals surface area contributed by atoms with E-state index in [9.17, 15) is 4.57 Å². The fourth-order valence-electron chi connectivity index (χ4n) is 1.14. The van der Waals surface area contributed by atoms with Gasteiger partial charge in [-0.2, -0.15) is 0 Å².